The van der Waals surface area contributed by atoms with Crippen LogP contribution in [0.3, 0.4) is 0 Å². The molecular formula is C8H12BrClN2. The lowest BCUT2D eigenvalue weighted by molar-refractivity contribution is 0.704. The van der Waals surface area contributed by atoms with Gasteiger partial charge in [0.15, 0.2) is 0 Å². The van der Waals surface area contributed by atoms with Crippen LogP contribution in [-0.2, 0) is 13.0 Å². The fourth-order valence-corrected chi connectivity index (χ4v) is 1.66. The van der Waals surface area contributed by atoms with Crippen molar-refractivity contribution in [2.24, 2.45) is 0 Å². The Morgan fingerprint density at radius 2 is 2.42 bits per heavy atom. The summed E-state index contributed by atoms with van der Waals surface area (Å²) >= 11 is 9.41. The molecule has 1 aromatic rings. The first-order valence-electron chi connectivity index (χ1n) is 3.98. The zero-order valence-electron chi connectivity index (χ0n) is 7.22. The van der Waals surface area contributed by atoms with Gasteiger partial charge in [0.2, 0.25) is 0 Å². The molecule has 0 aliphatic rings. The Bertz CT molecular complexity index is 258. The number of aromatic nitrogens is 2. The minimum Gasteiger partial charge on any atom is -0.333 e. The average Bonchev–Trinajstić information content (AvgIpc) is 2.32. The summed E-state index contributed by atoms with van der Waals surface area (Å²) in [6.45, 7) is 5.11. The van der Waals surface area contributed by atoms with Crippen LogP contribution in [0.2, 0.25) is 5.15 Å². The molecule has 0 spiro atoms. The molecule has 1 unspecified atom stereocenters. The highest BCUT2D eigenvalue weighted by Crippen LogP contribution is 2.17. The topological polar surface area (TPSA) is 17.8 Å². The first kappa shape index (κ1) is 10.1. The normalized spacial score (nSPS) is 13.3. The van der Waals surface area contributed by atoms with Gasteiger partial charge in [-0.1, -0.05) is 34.5 Å². The van der Waals surface area contributed by atoms with Crippen LogP contribution in [0.15, 0.2) is 6.33 Å². The molecule has 0 aromatic carbocycles. The second kappa shape index (κ2) is 4.28. The highest BCUT2D eigenvalue weighted by atomic mass is 79.9. The molecule has 0 fully saturated rings. The van der Waals surface area contributed by atoms with Gasteiger partial charge >= 0.3 is 0 Å². The van der Waals surface area contributed by atoms with Gasteiger partial charge < -0.3 is 4.57 Å². The Balaban J connectivity index is 2.86. The Labute approximate surface area is 86.1 Å². The van der Waals surface area contributed by atoms with E-state index in [1.54, 1.807) is 6.33 Å². The lowest BCUT2D eigenvalue weighted by Crippen LogP contribution is -2.05. The van der Waals surface area contributed by atoms with E-state index in [9.17, 15) is 0 Å². The summed E-state index contributed by atoms with van der Waals surface area (Å²) < 4.78 is 2.07. The van der Waals surface area contributed by atoms with Crippen molar-refractivity contribution in [2.75, 3.05) is 0 Å². The van der Waals surface area contributed by atoms with Gasteiger partial charge in [-0.25, -0.2) is 4.98 Å². The number of aryl methyl sites for hydroxylation is 1. The quantitative estimate of drug-likeness (QED) is 0.756. The Morgan fingerprint density at radius 3 is 2.92 bits per heavy atom. The number of imidazole rings is 1. The summed E-state index contributed by atoms with van der Waals surface area (Å²) in [6, 6.07) is 0. The maximum absolute atomic E-state index is 5.92. The van der Waals surface area contributed by atoms with Crippen LogP contribution in [0.5, 0.6) is 0 Å². The van der Waals surface area contributed by atoms with Gasteiger partial charge in [0.05, 0.1) is 12.0 Å². The molecule has 1 heterocycles. The van der Waals surface area contributed by atoms with Crippen molar-refractivity contribution >= 4 is 27.5 Å². The first-order chi connectivity index (χ1) is 5.65. The van der Waals surface area contributed by atoms with Gasteiger partial charge in [-0.05, 0) is 6.92 Å². The minimum atomic E-state index is 0.442. The molecule has 1 atom stereocenters. The van der Waals surface area contributed by atoms with Crippen LogP contribution in [0.4, 0.5) is 0 Å². The number of hydrogen-bond donors (Lipinski definition) is 0. The molecule has 0 radical (unpaired) electrons. The van der Waals surface area contributed by atoms with E-state index >= 15 is 0 Å². The molecule has 4 heteroatoms. The maximum Gasteiger partial charge on any atom is 0.150 e. The molecule has 0 amide bonds. The average molecular weight is 252 g/mol. The van der Waals surface area contributed by atoms with Crippen molar-refractivity contribution < 1.29 is 0 Å². The molecule has 0 bridgehead atoms. The number of rotatable bonds is 3. The van der Waals surface area contributed by atoms with Crippen LogP contribution < -0.4 is 0 Å². The van der Waals surface area contributed by atoms with Crippen LogP contribution in [0.1, 0.15) is 19.5 Å². The first-order valence-corrected chi connectivity index (χ1v) is 5.28. The van der Waals surface area contributed by atoms with Crippen LogP contribution >= 0.6 is 27.5 Å². The number of halogens is 2. The molecule has 0 saturated heterocycles. The third-order valence-corrected chi connectivity index (χ3v) is 2.35. The monoisotopic (exact) mass is 250 g/mol. The summed E-state index contributed by atoms with van der Waals surface area (Å²) in [4.78, 5) is 4.49. The second-order valence-electron chi connectivity index (χ2n) is 2.75. The minimum absolute atomic E-state index is 0.442. The Morgan fingerprint density at radius 1 is 1.75 bits per heavy atom. The fraction of sp³-hybridized carbons (Fsp3) is 0.625. The van der Waals surface area contributed by atoms with Gasteiger partial charge in [-0.3, -0.25) is 0 Å². The molecule has 0 saturated carbocycles. The van der Waals surface area contributed by atoms with Crippen molar-refractivity contribution in [1.29, 1.82) is 0 Å². The highest BCUT2D eigenvalue weighted by molar-refractivity contribution is 9.09. The lowest BCUT2D eigenvalue weighted by atomic mass is 10.2. The fourth-order valence-electron chi connectivity index (χ4n) is 1.12. The van der Waals surface area contributed by atoms with Gasteiger partial charge in [0.1, 0.15) is 5.15 Å². The Hall–Kier alpha value is -0.0200. The summed E-state index contributed by atoms with van der Waals surface area (Å²) in [5.74, 6) is 0. The summed E-state index contributed by atoms with van der Waals surface area (Å²) in [6.07, 6.45) is 2.71. The smallest absolute Gasteiger partial charge is 0.150 e. The number of hydrogen-bond acceptors (Lipinski definition) is 1. The zero-order chi connectivity index (χ0) is 9.14. The second-order valence-corrected chi connectivity index (χ2v) is 4.67. The molecule has 0 aliphatic carbocycles. The number of alkyl halides is 1. The van der Waals surface area contributed by atoms with Gasteiger partial charge in [-0.15, -0.1) is 0 Å². The van der Waals surface area contributed by atoms with Crippen LogP contribution in [0.25, 0.3) is 0 Å². The molecule has 2 nitrogen and oxygen atoms in total. The predicted octanol–water partition coefficient (Wildman–Crippen LogP) is 2.88. The zero-order valence-corrected chi connectivity index (χ0v) is 9.56. The predicted molar refractivity (Wildman–Crippen MR) is 55.0 cm³/mol. The largest absolute Gasteiger partial charge is 0.333 e. The molecule has 1 aromatic heterocycles. The van der Waals surface area contributed by atoms with Crippen molar-refractivity contribution in [2.45, 2.75) is 31.6 Å². The standard InChI is InChI=1S/C8H12BrClN2/c1-3-12-5-11-8(10)7(12)4-6(2)9/h5-6H,3-4H2,1-2H3. The Kier molecular flexibility index (Phi) is 3.59. The summed E-state index contributed by atoms with van der Waals surface area (Å²) in [5.41, 5.74) is 1.11. The van der Waals surface area contributed by atoms with E-state index in [1.807, 2.05) is 0 Å². The third kappa shape index (κ3) is 2.23. The van der Waals surface area contributed by atoms with Crippen molar-refractivity contribution in [1.82, 2.24) is 9.55 Å². The van der Waals surface area contributed by atoms with Crippen molar-refractivity contribution in [3.8, 4) is 0 Å². The van der Waals surface area contributed by atoms with E-state index in [2.05, 4.69) is 39.3 Å². The molecule has 0 N–H and O–H groups in total. The van der Waals surface area contributed by atoms with Crippen LogP contribution in [-0.4, -0.2) is 14.4 Å². The summed E-state index contributed by atoms with van der Waals surface area (Å²) in [7, 11) is 0. The van der Waals surface area contributed by atoms with Gasteiger partial charge in [-0.2, -0.15) is 0 Å². The van der Waals surface area contributed by atoms with E-state index in [0.29, 0.717) is 9.98 Å². The molecular weight excluding hydrogens is 239 g/mol. The third-order valence-electron chi connectivity index (χ3n) is 1.71. The van der Waals surface area contributed by atoms with Crippen LogP contribution in [0, 0.1) is 0 Å². The van der Waals surface area contributed by atoms with Crippen molar-refractivity contribution in [3.63, 3.8) is 0 Å². The lowest BCUT2D eigenvalue weighted by Gasteiger charge is -2.06. The summed E-state index contributed by atoms with van der Waals surface area (Å²) in [5, 5.41) is 0.628. The molecule has 0 aliphatic heterocycles. The van der Waals surface area contributed by atoms with Gasteiger partial charge in [0, 0.05) is 17.8 Å². The van der Waals surface area contributed by atoms with E-state index in [1.165, 1.54) is 0 Å². The molecule has 12 heavy (non-hydrogen) atoms. The van der Waals surface area contributed by atoms with Gasteiger partial charge in [0.25, 0.3) is 0 Å². The van der Waals surface area contributed by atoms with E-state index in [-0.39, 0.29) is 0 Å². The molecule has 68 valence electrons. The number of nitrogens with zero attached hydrogens (tertiary/aromatic N) is 2. The van der Waals surface area contributed by atoms with E-state index in [0.717, 1.165) is 18.7 Å². The SMILES string of the molecule is CCn1cnc(Cl)c1CC(C)Br. The highest BCUT2D eigenvalue weighted by Gasteiger charge is 2.09. The van der Waals surface area contributed by atoms with E-state index < -0.39 is 0 Å². The maximum atomic E-state index is 5.92. The van der Waals surface area contributed by atoms with E-state index in [4.69, 9.17) is 11.6 Å². The molecule has 1 rings (SSSR count). The van der Waals surface area contributed by atoms with Crippen molar-refractivity contribution in [3.05, 3.63) is 17.2 Å².